The minimum Gasteiger partial charge on any atom is -0.461 e. The first kappa shape index (κ1) is 20.4. The number of carbonyl (C=O) groups excluding carboxylic acids is 1. The van der Waals surface area contributed by atoms with Gasteiger partial charge in [0.25, 0.3) is 0 Å². The minimum atomic E-state index is -3.64. The Morgan fingerprint density at radius 1 is 1.11 bits per heavy atom. The number of rotatable bonds is 5. The highest BCUT2D eigenvalue weighted by atomic mass is 32.2. The molecule has 1 saturated carbocycles. The van der Waals surface area contributed by atoms with Crippen LogP contribution in [-0.2, 0) is 14.8 Å². The van der Waals surface area contributed by atoms with Crippen molar-refractivity contribution in [3.05, 3.63) is 17.0 Å². The van der Waals surface area contributed by atoms with Gasteiger partial charge in [-0.3, -0.25) is 4.90 Å². The van der Waals surface area contributed by atoms with E-state index in [0.29, 0.717) is 30.4 Å². The lowest BCUT2D eigenvalue weighted by Gasteiger charge is -2.40. The summed E-state index contributed by atoms with van der Waals surface area (Å²) in [5, 5.41) is 0. The maximum Gasteiger partial charge on any atom is 0.355 e. The molecule has 1 aromatic rings. The summed E-state index contributed by atoms with van der Waals surface area (Å²) in [6.45, 7) is 7.89. The number of piperazine rings is 1. The third-order valence-corrected chi connectivity index (χ3v) is 7.98. The van der Waals surface area contributed by atoms with Crippen LogP contribution in [0.4, 0.5) is 0 Å². The number of nitrogens with zero attached hydrogens (tertiary/aromatic N) is 2. The fraction of sp³-hybridized carbons (Fsp3) is 0.737. The van der Waals surface area contributed by atoms with Gasteiger partial charge in [0.1, 0.15) is 10.6 Å². The van der Waals surface area contributed by atoms with Gasteiger partial charge in [-0.05, 0) is 33.6 Å². The van der Waals surface area contributed by atoms with E-state index in [1.165, 1.54) is 32.1 Å². The first-order valence-electron chi connectivity index (χ1n) is 9.96. The molecule has 2 heterocycles. The third-order valence-electron chi connectivity index (χ3n) is 5.81. The predicted molar refractivity (Wildman–Crippen MR) is 103 cm³/mol. The molecule has 0 unspecified atom stereocenters. The number of H-pyrrole nitrogens is 1. The highest BCUT2D eigenvalue weighted by molar-refractivity contribution is 7.89. The van der Waals surface area contributed by atoms with Gasteiger partial charge in [0.05, 0.1) is 6.61 Å². The number of ether oxygens (including phenoxy) is 1. The van der Waals surface area contributed by atoms with E-state index in [4.69, 9.17) is 4.74 Å². The normalized spacial score (nSPS) is 20.7. The number of nitrogens with one attached hydrogen (secondary N) is 1. The Bertz CT molecular complexity index is 773. The molecule has 0 bridgehead atoms. The van der Waals surface area contributed by atoms with Crippen molar-refractivity contribution in [3.63, 3.8) is 0 Å². The van der Waals surface area contributed by atoms with Crippen molar-refractivity contribution in [2.45, 2.75) is 63.8 Å². The molecular formula is C19H31N3O4S. The number of hydrogen-bond acceptors (Lipinski definition) is 5. The molecule has 152 valence electrons. The molecule has 0 radical (unpaired) electrons. The number of aromatic amines is 1. The van der Waals surface area contributed by atoms with Crippen LogP contribution in [0.1, 0.15) is 60.8 Å². The highest BCUT2D eigenvalue weighted by Gasteiger charge is 2.35. The lowest BCUT2D eigenvalue weighted by molar-refractivity contribution is 0.0519. The molecule has 27 heavy (non-hydrogen) atoms. The van der Waals surface area contributed by atoms with Crippen molar-refractivity contribution in [2.75, 3.05) is 32.8 Å². The number of aryl methyl sites for hydroxylation is 1. The summed E-state index contributed by atoms with van der Waals surface area (Å²) in [4.78, 5) is 17.7. The molecule has 1 aromatic heterocycles. The molecule has 0 atom stereocenters. The largest absolute Gasteiger partial charge is 0.461 e. The average Bonchev–Trinajstić information content (AvgIpc) is 2.98. The maximum atomic E-state index is 13.2. The Morgan fingerprint density at radius 2 is 1.74 bits per heavy atom. The van der Waals surface area contributed by atoms with Crippen molar-refractivity contribution >= 4 is 16.0 Å². The predicted octanol–water partition coefficient (Wildman–Crippen LogP) is 2.45. The first-order valence-corrected chi connectivity index (χ1v) is 11.4. The maximum absolute atomic E-state index is 13.2. The Morgan fingerprint density at radius 3 is 2.33 bits per heavy atom. The summed E-state index contributed by atoms with van der Waals surface area (Å²) in [5.41, 5.74) is 1.17. The molecule has 0 aromatic carbocycles. The molecule has 7 nitrogen and oxygen atoms in total. The molecule has 0 spiro atoms. The summed E-state index contributed by atoms with van der Waals surface area (Å²) in [5.74, 6) is -0.512. The van der Waals surface area contributed by atoms with Crippen molar-refractivity contribution in [1.29, 1.82) is 0 Å². The van der Waals surface area contributed by atoms with Crippen molar-refractivity contribution in [2.24, 2.45) is 0 Å². The van der Waals surface area contributed by atoms with E-state index in [1.54, 1.807) is 25.1 Å². The molecule has 1 aliphatic heterocycles. The van der Waals surface area contributed by atoms with Crippen LogP contribution < -0.4 is 0 Å². The smallest absolute Gasteiger partial charge is 0.355 e. The Labute approximate surface area is 162 Å². The van der Waals surface area contributed by atoms with Crippen LogP contribution in [0, 0.1) is 13.8 Å². The van der Waals surface area contributed by atoms with E-state index in [1.807, 2.05) is 0 Å². The molecule has 3 rings (SSSR count). The minimum absolute atomic E-state index is 0.219. The Balaban J connectivity index is 1.75. The second-order valence-electron chi connectivity index (χ2n) is 7.53. The van der Waals surface area contributed by atoms with Crippen LogP contribution in [-0.4, -0.2) is 67.4 Å². The average molecular weight is 398 g/mol. The quantitative estimate of drug-likeness (QED) is 0.772. The second-order valence-corrected chi connectivity index (χ2v) is 9.41. The van der Waals surface area contributed by atoms with Gasteiger partial charge in [-0.1, -0.05) is 19.3 Å². The fourth-order valence-electron chi connectivity index (χ4n) is 4.41. The zero-order valence-electron chi connectivity index (χ0n) is 16.6. The number of esters is 1. The van der Waals surface area contributed by atoms with E-state index in [0.717, 1.165) is 13.1 Å². The van der Waals surface area contributed by atoms with E-state index in [2.05, 4.69) is 9.88 Å². The fourth-order valence-corrected chi connectivity index (χ4v) is 6.24. The molecular weight excluding hydrogens is 366 g/mol. The lowest BCUT2D eigenvalue weighted by atomic mass is 9.94. The van der Waals surface area contributed by atoms with Gasteiger partial charge >= 0.3 is 5.97 Å². The topological polar surface area (TPSA) is 82.7 Å². The Kier molecular flexibility index (Phi) is 6.28. The van der Waals surface area contributed by atoms with Crippen LogP contribution >= 0.6 is 0 Å². The van der Waals surface area contributed by atoms with Crippen LogP contribution in [0.2, 0.25) is 0 Å². The van der Waals surface area contributed by atoms with Crippen molar-refractivity contribution < 1.29 is 17.9 Å². The number of hydrogen-bond donors (Lipinski definition) is 1. The highest BCUT2D eigenvalue weighted by Crippen LogP contribution is 2.29. The van der Waals surface area contributed by atoms with Crippen molar-refractivity contribution in [1.82, 2.24) is 14.2 Å². The van der Waals surface area contributed by atoms with Gasteiger partial charge in [-0.15, -0.1) is 0 Å². The van der Waals surface area contributed by atoms with Gasteiger partial charge < -0.3 is 9.72 Å². The Hall–Kier alpha value is -1.38. The first-order chi connectivity index (χ1) is 12.9. The molecule has 1 aliphatic carbocycles. The molecule has 8 heteroatoms. The standard InChI is InChI=1S/C19H31N3O4S/c1-4-26-19(23)17-14(2)18(15(3)20-17)27(24,25)22-12-10-21(11-13-22)16-8-6-5-7-9-16/h16,20H,4-13H2,1-3H3. The SMILES string of the molecule is CCOC(=O)c1[nH]c(C)c(S(=O)(=O)N2CCN(C3CCCCC3)CC2)c1C. The van der Waals surface area contributed by atoms with E-state index >= 15 is 0 Å². The molecule has 0 amide bonds. The van der Waals surface area contributed by atoms with Gasteiger partial charge in [0, 0.05) is 43.5 Å². The van der Waals surface area contributed by atoms with Gasteiger partial charge in [-0.25, -0.2) is 13.2 Å². The molecule has 1 N–H and O–H groups in total. The third kappa shape index (κ3) is 4.07. The van der Waals surface area contributed by atoms with Gasteiger partial charge in [0.15, 0.2) is 0 Å². The van der Waals surface area contributed by atoms with Gasteiger partial charge in [0.2, 0.25) is 10.0 Å². The van der Waals surface area contributed by atoms with Crippen LogP contribution in [0.3, 0.4) is 0 Å². The lowest BCUT2D eigenvalue weighted by Crippen LogP contribution is -2.52. The van der Waals surface area contributed by atoms with E-state index in [9.17, 15) is 13.2 Å². The summed E-state index contributed by atoms with van der Waals surface area (Å²) < 4.78 is 33.1. The summed E-state index contributed by atoms with van der Waals surface area (Å²) in [6.07, 6.45) is 6.33. The summed E-state index contributed by atoms with van der Waals surface area (Å²) in [7, 11) is -3.64. The van der Waals surface area contributed by atoms with Crippen molar-refractivity contribution in [3.8, 4) is 0 Å². The van der Waals surface area contributed by atoms with Crippen LogP contribution in [0.5, 0.6) is 0 Å². The zero-order valence-corrected chi connectivity index (χ0v) is 17.4. The van der Waals surface area contributed by atoms with E-state index < -0.39 is 16.0 Å². The summed E-state index contributed by atoms with van der Waals surface area (Å²) >= 11 is 0. The summed E-state index contributed by atoms with van der Waals surface area (Å²) in [6, 6.07) is 0.606. The molecule has 2 fully saturated rings. The molecule has 2 aliphatic rings. The number of carbonyl (C=O) groups is 1. The van der Waals surface area contributed by atoms with Crippen LogP contribution in [0.15, 0.2) is 4.90 Å². The zero-order chi connectivity index (χ0) is 19.6. The monoisotopic (exact) mass is 397 g/mol. The number of sulfonamides is 1. The van der Waals surface area contributed by atoms with Crippen LogP contribution in [0.25, 0.3) is 0 Å². The van der Waals surface area contributed by atoms with Gasteiger partial charge in [-0.2, -0.15) is 4.31 Å². The number of aromatic nitrogens is 1. The molecule has 1 saturated heterocycles. The van der Waals surface area contributed by atoms with E-state index in [-0.39, 0.29) is 17.2 Å². The second kappa shape index (κ2) is 8.32.